The number of allylic oxidation sites excluding steroid dienone is 3. The van der Waals surface area contributed by atoms with Crippen LogP contribution in [0.4, 0.5) is 0 Å². The highest BCUT2D eigenvalue weighted by Crippen LogP contribution is 2.46. The maximum atomic E-state index is 13.3. The van der Waals surface area contributed by atoms with Gasteiger partial charge in [-0.25, -0.2) is 0 Å². The molecule has 0 amide bonds. The third-order valence-corrected chi connectivity index (χ3v) is 5.83. The first-order valence-corrected chi connectivity index (χ1v) is 10.5. The molecular weight excluding hydrogens is 376 g/mol. The van der Waals surface area contributed by atoms with Gasteiger partial charge in [0, 0.05) is 72.6 Å². The minimum absolute atomic E-state index is 0.0720. The van der Waals surface area contributed by atoms with E-state index in [1.165, 1.54) is 0 Å². The van der Waals surface area contributed by atoms with Crippen molar-refractivity contribution in [3.63, 3.8) is 0 Å². The van der Waals surface area contributed by atoms with Gasteiger partial charge in [-0.2, -0.15) is 0 Å². The van der Waals surface area contributed by atoms with E-state index in [0.29, 0.717) is 26.2 Å². The zero-order valence-corrected chi connectivity index (χ0v) is 17.9. The lowest BCUT2D eigenvalue weighted by molar-refractivity contribution is -0.118. The molecule has 3 N–H and O–H groups in total. The number of nitrogens with one attached hydrogen (secondary N) is 1. The molecule has 2 aromatic heterocycles. The van der Waals surface area contributed by atoms with Crippen molar-refractivity contribution in [2.75, 3.05) is 26.8 Å². The molecule has 3 heterocycles. The molecule has 158 valence electrons. The van der Waals surface area contributed by atoms with Crippen molar-refractivity contribution in [3.05, 3.63) is 64.8 Å². The van der Waals surface area contributed by atoms with Crippen molar-refractivity contribution in [2.45, 2.75) is 32.6 Å². The third-order valence-electron chi connectivity index (χ3n) is 5.83. The van der Waals surface area contributed by atoms with Crippen molar-refractivity contribution in [1.82, 2.24) is 9.72 Å². The smallest absolute Gasteiger partial charge is 0.162 e. The average Bonchev–Trinajstić information content (AvgIpc) is 3.16. The lowest BCUT2D eigenvalue weighted by atomic mass is 9.69. The monoisotopic (exact) mass is 406 g/mol. The second-order valence-electron chi connectivity index (χ2n) is 8.86. The van der Waals surface area contributed by atoms with Gasteiger partial charge in [0.05, 0.1) is 13.2 Å². The number of carbonyl (C=O) groups is 1. The molecule has 0 spiro atoms. The summed E-state index contributed by atoms with van der Waals surface area (Å²) in [5, 5.41) is 3.54. The number of aromatic nitrogens is 1. The Hall–Kier alpha value is -2.70. The highest BCUT2D eigenvalue weighted by atomic mass is 16.5. The van der Waals surface area contributed by atoms with E-state index in [9.17, 15) is 4.79 Å². The number of dihydropyridines is 1. The molecule has 6 nitrogen and oxygen atoms in total. The fourth-order valence-electron chi connectivity index (χ4n) is 4.60. The summed E-state index contributed by atoms with van der Waals surface area (Å²) in [7, 11) is 1.76. The van der Waals surface area contributed by atoms with Gasteiger partial charge in [0.1, 0.15) is 0 Å². The Morgan fingerprint density at radius 3 is 2.93 bits per heavy atom. The van der Waals surface area contributed by atoms with Crippen LogP contribution in [0.5, 0.6) is 0 Å². The topological polar surface area (TPSA) is 81.1 Å². The van der Waals surface area contributed by atoms with Gasteiger partial charge in [-0.3, -0.25) is 9.79 Å². The average molecular weight is 407 g/mol. The molecule has 1 aliphatic heterocycles. The zero-order chi connectivity index (χ0) is 21.3. The van der Waals surface area contributed by atoms with Gasteiger partial charge in [0.15, 0.2) is 5.78 Å². The maximum absolute atomic E-state index is 13.3. The van der Waals surface area contributed by atoms with Gasteiger partial charge in [0.2, 0.25) is 0 Å². The third kappa shape index (κ3) is 3.85. The predicted molar refractivity (Wildman–Crippen MR) is 120 cm³/mol. The molecule has 30 heavy (non-hydrogen) atoms. The summed E-state index contributed by atoms with van der Waals surface area (Å²) in [6.07, 6.45) is 7.38. The molecule has 0 saturated carbocycles. The Bertz CT molecular complexity index is 1060. The number of hydrogen-bond acceptors (Lipinski definition) is 5. The molecule has 1 unspecified atom stereocenters. The Kier molecular flexibility index (Phi) is 5.62. The fourth-order valence-corrected chi connectivity index (χ4v) is 4.60. The van der Waals surface area contributed by atoms with Gasteiger partial charge >= 0.3 is 0 Å². The largest absolute Gasteiger partial charge is 0.374 e. The maximum Gasteiger partial charge on any atom is 0.162 e. The van der Waals surface area contributed by atoms with Crippen LogP contribution in [0.15, 0.2) is 64.2 Å². The molecule has 2 aromatic rings. The summed E-state index contributed by atoms with van der Waals surface area (Å²) >= 11 is 0. The summed E-state index contributed by atoms with van der Waals surface area (Å²) in [4.78, 5) is 17.7. The predicted octanol–water partition coefficient (Wildman–Crippen LogP) is 3.20. The van der Waals surface area contributed by atoms with Crippen LogP contribution in [-0.2, 0) is 9.53 Å². The lowest BCUT2D eigenvalue weighted by Crippen LogP contribution is -2.39. The van der Waals surface area contributed by atoms with Crippen molar-refractivity contribution in [2.24, 2.45) is 16.1 Å². The highest BCUT2D eigenvalue weighted by Gasteiger charge is 2.41. The zero-order valence-electron chi connectivity index (χ0n) is 17.9. The summed E-state index contributed by atoms with van der Waals surface area (Å²) in [5.74, 6) is 0.0344. The molecule has 0 bridgehead atoms. The van der Waals surface area contributed by atoms with Crippen LogP contribution >= 0.6 is 0 Å². The molecular formula is C24H30N4O2. The number of nitrogens with zero attached hydrogens (tertiary/aromatic N) is 2. The van der Waals surface area contributed by atoms with E-state index in [1.54, 1.807) is 7.05 Å². The van der Waals surface area contributed by atoms with Gasteiger partial charge in [0.25, 0.3) is 0 Å². The number of fused-ring (bicyclic) bond motifs is 1. The number of aliphatic imine (C=N–C) groups is 1. The van der Waals surface area contributed by atoms with E-state index < -0.39 is 0 Å². The van der Waals surface area contributed by atoms with Crippen molar-refractivity contribution in [3.8, 4) is 0 Å². The second kappa shape index (κ2) is 8.20. The minimum atomic E-state index is -0.170. The summed E-state index contributed by atoms with van der Waals surface area (Å²) in [6.45, 7) is 5.66. The second-order valence-corrected chi connectivity index (χ2v) is 8.86. The molecule has 0 fully saturated rings. The molecule has 4 rings (SSSR count). The molecule has 1 aliphatic carbocycles. The van der Waals surface area contributed by atoms with Gasteiger partial charge in [-0.05, 0) is 35.6 Å². The summed E-state index contributed by atoms with van der Waals surface area (Å²) in [6, 6.07) is 8.31. The number of ketones is 1. The van der Waals surface area contributed by atoms with E-state index in [-0.39, 0.29) is 17.1 Å². The van der Waals surface area contributed by atoms with Crippen LogP contribution in [0.25, 0.3) is 5.52 Å². The first kappa shape index (κ1) is 20.6. The molecule has 1 atom stereocenters. The standard InChI is InChI=1S/C24H30N4O2/c1-24(2)11-19-23(21(29)12-24)22(16-6-7-17-5-4-9-28(17)14-16)18(13-26-3)20(27-19)15-30-10-8-25/h4-7,9,13-14,22,27H,8,10-12,15,25H2,1-3H3. The molecule has 0 aromatic carbocycles. The molecule has 6 heteroatoms. The summed E-state index contributed by atoms with van der Waals surface area (Å²) in [5.41, 5.74) is 11.5. The number of carbonyl (C=O) groups excluding carboxylic acids is 1. The van der Waals surface area contributed by atoms with E-state index in [1.807, 2.05) is 18.5 Å². The normalized spacial score (nSPS) is 21.5. The minimum Gasteiger partial charge on any atom is -0.374 e. The van der Waals surface area contributed by atoms with Gasteiger partial charge in [-0.1, -0.05) is 19.9 Å². The Balaban J connectivity index is 1.87. The number of pyridine rings is 1. The molecule has 0 saturated heterocycles. The first-order valence-electron chi connectivity index (χ1n) is 10.5. The first-order chi connectivity index (χ1) is 14.4. The van der Waals surface area contributed by atoms with E-state index >= 15 is 0 Å². The number of ether oxygens (including phenoxy) is 1. The number of Topliss-reactive ketones (excluding diaryl/α,β-unsaturated/α-hetero) is 1. The van der Waals surface area contributed by atoms with Crippen molar-refractivity contribution < 1.29 is 9.53 Å². The Labute approximate surface area is 177 Å². The van der Waals surface area contributed by atoms with E-state index in [2.05, 4.69) is 53.0 Å². The number of hydrogen-bond donors (Lipinski definition) is 2. The SMILES string of the molecule is CN=CC1=C(COCCN)NC2=C(C(=O)CC(C)(C)C2)C1c1ccc2cccn2c1. The lowest BCUT2D eigenvalue weighted by Gasteiger charge is -2.40. The van der Waals surface area contributed by atoms with Gasteiger partial charge in [-0.15, -0.1) is 0 Å². The fraction of sp³-hybridized carbons (Fsp3) is 0.417. The highest BCUT2D eigenvalue weighted by molar-refractivity contribution is 6.02. The molecule has 0 radical (unpaired) electrons. The van der Waals surface area contributed by atoms with E-state index in [0.717, 1.165) is 40.0 Å². The van der Waals surface area contributed by atoms with Gasteiger partial charge < -0.3 is 20.2 Å². The van der Waals surface area contributed by atoms with E-state index in [4.69, 9.17) is 10.5 Å². The van der Waals surface area contributed by atoms with Crippen LogP contribution in [0, 0.1) is 5.41 Å². The van der Waals surface area contributed by atoms with Crippen LogP contribution in [-0.4, -0.2) is 43.2 Å². The Morgan fingerprint density at radius 1 is 1.33 bits per heavy atom. The number of nitrogens with two attached hydrogens (primary N) is 1. The quantitative estimate of drug-likeness (QED) is 0.570. The number of rotatable bonds is 6. The van der Waals surface area contributed by atoms with Crippen molar-refractivity contribution >= 4 is 17.5 Å². The van der Waals surface area contributed by atoms with Crippen LogP contribution < -0.4 is 11.1 Å². The van der Waals surface area contributed by atoms with Crippen LogP contribution in [0.1, 0.15) is 38.2 Å². The Morgan fingerprint density at radius 2 is 2.17 bits per heavy atom. The summed E-state index contributed by atoms with van der Waals surface area (Å²) < 4.78 is 7.88. The van der Waals surface area contributed by atoms with Crippen LogP contribution in [0.3, 0.4) is 0 Å². The molecule has 2 aliphatic rings. The van der Waals surface area contributed by atoms with Crippen LogP contribution in [0.2, 0.25) is 0 Å². The van der Waals surface area contributed by atoms with Crippen molar-refractivity contribution in [1.29, 1.82) is 0 Å².